The summed E-state index contributed by atoms with van der Waals surface area (Å²) in [5.41, 5.74) is 2.01. The van der Waals surface area contributed by atoms with Crippen LogP contribution >= 0.6 is 0 Å². The highest BCUT2D eigenvalue weighted by molar-refractivity contribution is 5.89. The number of hydrogen-bond donors (Lipinski definition) is 1. The fourth-order valence-electron chi connectivity index (χ4n) is 4.09. The number of furan rings is 2. The van der Waals surface area contributed by atoms with Crippen LogP contribution in [-0.2, 0) is 29.2 Å². The minimum absolute atomic E-state index is 0.0727. The fourth-order valence-corrected chi connectivity index (χ4v) is 4.09. The zero-order valence-corrected chi connectivity index (χ0v) is 20.1. The molecule has 3 aromatic heterocycles. The van der Waals surface area contributed by atoms with Gasteiger partial charge >= 0.3 is 0 Å². The standard InChI is InChI=1S/C27H25N5O5/c1-35-20-12-10-19(11-13-20)26(27(34)28-16-21-6-4-14-36-21)31(17-22-7-5-15-37-22)25(33)18-32-24-9-3-2-8-23(24)29-30-32/h2-15,26H,16-18H2,1H3,(H,28,34)/t26-/m1/s1. The van der Waals surface area contributed by atoms with Crippen molar-refractivity contribution in [3.05, 3.63) is 102 Å². The fraction of sp³-hybridized carbons (Fsp3) is 0.185. The van der Waals surface area contributed by atoms with E-state index in [1.807, 2.05) is 24.3 Å². The summed E-state index contributed by atoms with van der Waals surface area (Å²) >= 11 is 0. The zero-order chi connectivity index (χ0) is 25.6. The number of nitrogens with zero attached hydrogens (tertiary/aromatic N) is 4. The Morgan fingerprint density at radius 2 is 1.70 bits per heavy atom. The summed E-state index contributed by atoms with van der Waals surface area (Å²) in [5.74, 6) is 1.07. The van der Waals surface area contributed by atoms with Crippen molar-refractivity contribution in [3.8, 4) is 5.75 Å². The average Bonchev–Trinajstić information content (AvgIpc) is 3.71. The summed E-state index contributed by atoms with van der Waals surface area (Å²) in [7, 11) is 1.57. The summed E-state index contributed by atoms with van der Waals surface area (Å²) in [4.78, 5) is 28.9. The molecular weight excluding hydrogens is 474 g/mol. The van der Waals surface area contributed by atoms with Gasteiger partial charge in [0.2, 0.25) is 11.8 Å². The largest absolute Gasteiger partial charge is 0.497 e. The van der Waals surface area contributed by atoms with Crippen molar-refractivity contribution in [2.45, 2.75) is 25.7 Å². The molecular formula is C27H25N5O5. The summed E-state index contributed by atoms with van der Waals surface area (Å²) in [6.07, 6.45) is 3.07. The molecule has 0 unspecified atom stereocenters. The second-order valence-electron chi connectivity index (χ2n) is 8.31. The highest BCUT2D eigenvalue weighted by Gasteiger charge is 2.33. The van der Waals surface area contributed by atoms with E-state index in [1.54, 1.807) is 55.6 Å². The number of ether oxygens (including phenoxy) is 1. The number of carbonyl (C=O) groups excluding carboxylic acids is 2. The Morgan fingerprint density at radius 3 is 2.41 bits per heavy atom. The summed E-state index contributed by atoms with van der Waals surface area (Å²) in [6.45, 7) is 0.137. The smallest absolute Gasteiger partial charge is 0.247 e. The van der Waals surface area contributed by atoms with Crippen molar-refractivity contribution in [1.29, 1.82) is 0 Å². The minimum atomic E-state index is -0.965. The first-order valence-electron chi connectivity index (χ1n) is 11.7. The van der Waals surface area contributed by atoms with Crippen molar-refractivity contribution in [3.63, 3.8) is 0 Å². The van der Waals surface area contributed by atoms with Gasteiger partial charge in [0.25, 0.3) is 0 Å². The molecule has 188 valence electrons. The Labute approximate surface area is 212 Å². The van der Waals surface area contributed by atoms with Gasteiger partial charge in [0.1, 0.15) is 35.4 Å². The van der Waals surface area contributed by atoms with E-state index in [-0.39, 0.29) is 31.4 Å². The molecule has 0 bridgehead atoms. The highest BCUT2D eigenvalue weighted by atomic mass is 16.5. The number of aromatic nitrogens is 3. The molecule has 5 aromatic rings. The van der Waals surface area contributed by atoms with Crippen LogP contribution in [0.5, 0.6) is 5.75 Å². The molecule has 1 N–H and O–H groups in total. The molecule has 0 saturated carbocycles. The van der Waals surface area contributed by atoms with Gasteiger partial charge in [-0.2, -0.15) is 0 Å². The molecule has 0 saturated heterocycles. The van der Waals surface area contributed by atoms with Gasteiger partial charge in [0.05, 0.1) is 38.2 Å². The Balaban J connectivity index is 1.49. The number of carbonyl (C=O) groups is 2. The van der Waals surface area contributed by atoms with Gasteiger partial charge < -0.3 is 23.8 Å². The van der Waals surface area contributed by atoms with Crippen molar-refractivity contribution >= 4 is 22.8 Å². The first kappa shape index (κ1) is 23.9. The van der Waals surface area contributed by atoms with Crippen molar-refractivity contribution in [1.82, 2.24) is 25.2 Å². The first-order valence-corrected chi connectivity index (χ1v) is 11.7. The van der Waals surface area contributed by atoms with E-state index in [1.165, 1.54) is 22.1 Å². The number of para-hydroxylation sites is 1. The average molecular weight is 500 g/mol. The number of nitrogens with one attached hydrogen (secondary N) is 1. The van der Waals surface area contributed by atoms with Crippen LogP contribution in [0.1, 0.15) is 23.1 Å². The van der Waals surface area contributed by atoms with Crippen LogP contribution < -0.4 is 10.1 Å². The summed E-state index contributed by atoms with van der Waals surface area (Å²) in [5, 5.41) is 11.2. The Kier molecular flexibility index (Phi) is 6.98. The number of methoxy groups -OCH3 is 1. The molecule has 0 radical (unpaired) electrons. The topological polar surface area (TPSA) is 116 Å². The van der Waals surface area contributed by atoms with Crippen LogP contribution in [0.15, 0.2) is 94.2 Å². The molecule has 2 aromatic carbocycles. The molecule has 37 heavy (non-hydrogen) atoms. The van der Waals surface area contributed by atoms with Gasteiger partial charge in [-0.05, 0) is 54.1 Å². The van der Waals surface area contributed by atoms with E-state index in [0.29, 0.717) is 28.4 Å². The lowest BCUT2D eigenvalue weighted by atomic mass is 10.0. The molecule has 10 nitrogen and oxygen atoms in total. The van der Waals surface area contributed by atoms with E-state index in [4.69, 9.17) is 13.6 Å². The van der Waals surface area contributed by atoms with E-state index >= 15 is 0 Å². The summed E-state index contributed by atoms with van der Waals surface area (Å²) < 4.78 is 17.7. The number of benzene rings is 2. The van der Waals surface area contributed by atoms with Crippen LogP contribution in [0.3, 0.4) is 0 Å². The number of fused-ring (bicyclic) bond motifs is 1. The monoisotopic (exact) mass is 499 g/mol. The molecule has 2 amide bonds. The maximum atomic E-state index is 13.8. The second kappa shape index (κ2) is 10.8. The Morgan fingerprint density at radius 1 is 0.973 bits per heavy atom. The predicted molar refractivity (Wildman–Crippen MR) is 133 cm³/mol. The maximum Gasteiger partial charge on any atom is 0.247 e. The molecule has 0 fully saturated rings. The van der Waals surface area contributed by atoms with Crippen molar-refractivity contribution < 1.29 is 23.2 Å². The molecule has 1 atom stereocenters. The molecule has 5 rings (SSSR count). The Hall–Kier alpha value is -4.86. The van der Waals surface area contributed by atoms with Gasteiger partial charge in [0.15, 0.2) is 0 Å². The zero-order valence-electron chi connectivity index (χ0n) is 20.1. The van der Waals surface area contributed by atoms with Gasteiger partial charge in [0, 0.05) is 0 Å². The lowest BCUT2D eigenvalue weighted by molar-refractivity contribution is -0.142. The third-order valence-electron chi connectivity index (χ3n) is 5.94. The van der Waals surface area contributed by atoms with E-state index in [2.05, 4.69) is 15.6 Å². The van der Waals surface area contributed by atoms with E-state index in [0.717, 1.165) is 5.52 Å². The second-order valence-corrected chi connectivity index (χ2v) is 8.31. The molecule has 3 heterocycles. The number of rotatable bonds is 10. The van der Waals surface area contributed by atoms with Crippen LogP contribution in [0.2, 0.25) is 0 Å². The van der Waals surface area contributed by atoms with Crippen molar-refractivity contribution in [2.75, 3.05) is 7.11 Å². The molecule has 0 aliphatic carbocycles. The van der Waals surface area contributed by atoms with Crippen LogP contribution in [-0.4, -0.2) is 38.8 Å². The van der Waals surface area contributed by atoms with E-state index in [9.17, 15) is 9.59 Å². The van der Waals surface area contributed by atoms with Crippen LogP contribution in [0, 0.1) is 0 Å². The van der Waals surface area contributed by atoms with Crippen LogP contribution in [0.4, 0.5) is 0 Å². The number of amides is 2. The Bertz CT molecular complexity index is 1460. The predicted octanol–water partition coefficient (Wildman–Crippen LogP) is 3.71. The quantitative estimate of drug-likeness (QED) is 0.311. The lowest BCUT2D eigenvalue weighted by Gasteiger charge is -2.31. The van der Waals surface area contributed by atoms with Gasteiger partial charge in [-0.3, -0.25) is 9.59 Å². The molecule has 0 spiro atoms. The van der Waals surface area contributed by atoms with E-state index < -0.39 is 6.04 Å². The summed E-state index contributed by atoms with van der Waals surface area (Å²) in [6, 6.07) is 20.5. The van der Waals surface area contributed by atoms with Gasteiger partial charge in [-0.25, -0.2) is 4.68 Å². The highest BCUT2D eigenvalue weighted by Crippen LogP contribution is 2.27. The maximum absolute atomic E-state index is 13.8. The minimum Gasteiger partial charge on any atom is -0.497 e. The molecule has 10 heteroatoms. The SMILES string of the molecule is COc1ccc([C@H](C(=O)NCc2ccco2)N(Cc2ccco2)C(=O)Cn2nnc3ccccc32)cc1. The molecule has 0 aliphatic heterocycles. The lowest BCUT2D eigenvalue weighted by Crippen LogP contribution is -2.44. The van der Waals surface area contributed by atoms with Gasteiger partial charge in [-0.15, -0.1) is 5.10 Å². The van der Waals surface area contributed by atoms with Crippen molar-refractivity contribution in [2.24, 2.45) is 0 Å². The first-order chi connectivity index (χ1) is 18.1. The third-order valence-corrected chi connectivity index (χ3v) is 5.94. The number of hydrogen-bond acceptors (Lipinski definition) is 7. The van der Waals surface area contributed by atoms with Gasteiger partial charge in [-0.1, -0.05) is 29.5 Å². The molecule has 0 aliphatic rings. The van der Waals surface area contributed by atoms with Crippen LogP contribution in [0.25, 0.3) is 11.0 Å². The third kappa shape index (κ3) is 5.37. The normalized spacial score (nSPS) is 11.8.